The number of hydrogen-bond donors (Lipinski definition) is 1. The minimum atomic E-state index is -0.943. The maximum atomic E-state index is 13.7. The standard InChI is InChI=1S/C14H16FNO4S/c1-20-12-3-2-9(6-11(12)15)14(19)16-4-5-21-8-10(16)7-13(17)18/h2-3,6,10H,4-5,7-8H2,1H3,(H,17,18). The van der Waals surface area contributed by atoms with Gasteiger partial charge < -0.3 is 14.7 Å². The third kappa shape index (κ3) is 3.66. The lowest BCUT2D eigenvalue weighted by Gasteiger charge is -2.34. The molecule has 1 atom stereocenters. The highest BCUT2D eigenvalue weighted by Crippen LogP contribution is 2.23. The Hall–Kier alpha value is -1.76. The molecule has 7 heteroatoms. The minimum Gasteiger partial charge on any atom is -0.494 e. The van der Waals surface area contributed by atoms with E-state index in [1.165, 1.54) is 24.1 Å². The highest BCUT2D eigenvalue weighted by Gasteiger charge is 2.29. The van der Waals surface area contributed by atoms with Crippen molar-refractivity contribution in [1.82, 2.24) is 4.90 Å². The Morgan fingerprint density at radius 2 is 2.29 bits per heavy atom. The van der Waals surface area contributed by atoms with Gasteiger partial charge in [0.15, 0.2) is 11.6 Å². The zero-order chi connectivity index (χ0) is 15.4. The van der Waals surface area contributed by atoms with E-state index >= 15 is 0 Å². The van der Waals surface area contributed by atoms with Gasteiger partial charge in [-0.15, -0.1) is 0 Å². The molecule has 0 spiro atoms. The predicted molar refractivity (Wildman–Crippen MR) is 77.4 cm³/mol. The lowest BCUT2D eigenvalue weighted by atomic mass is 10.1. The van der Waals surface area contributed by atoms with Gasteiger partial charge in [-0.3, -0.25) is 9.59 Å². The van der Waals surface area contributed by atoms with Crippen LogP contribution >= 0.6 is 11.8 Å². The number of aliphatic carboxylic acids is 1. The molecule has 0 radical (unpaired) electrons. The van der Waals surface area contributed by atoms with E-state index in [0.717, 1.165) is 11.8 Å². The molecule has 1 aliphatic rings. The Balaban J connectivity index is 2.20. The number of carboxylic acid groups (broad SMARTS) is 1. The molecule has 1 amide bonds. The van der Waals surface area contributed by atoms with Crippen molar-refractivity contribution < 1.29 is 23.8 Å². The van der Waals surface area contributed by atoms with Crippen LogP contribution in [0.15, 0.2) is 18.2 Å². The number of amides is 1. The van der Waals surface area contributed by atoms with Gasteiger partial charge in [0, 0.05) is 23.6 Å². The summed E-state index contributed by atoms with van der Waals surface area (Å²) in [7, 11) is 1.35. The van der Waals surface area contributed by atoms with Gasteiger partial charge in [-0.25, -0.2) is 4.39 Å². The number of thioether (sulfide) groups is 1. The van der Waals surface area contributed by atoms with E-state index in [1.54, 1.807) is 11.8 Å². The second-order valence-electron chi connectivity index (χ2n) is 4.67. The predicted octanol–water partition coefficient (Wildman–Crippen LogP) is 1.87. The van der Waals surface area contributed by atoms with Gasteiger partial charge in [0.2, 0.25) is 0 Å². The van der Waals surface area contributed by atoms with Crippen molar-refractivity contribution in [2.24, 2.45) is 0 Å². The van der Waals surface area contributed by atoms with Gasteiger partial charge in [-0.1, -0.05) is 0 Å². The average molecular weight is 313 g/mol. The van der Waals surface area contributed by atoms with Gasteiger partial charge in [0.05, 0.1) is 19.6 Å². The largest absolute Gasteiger partial charge is 0.494 e. The van der Waals surface area contributed by atoms with Gasteiger partial charge in [0.1, 0.15) is 0 Å². The van der Waals surface area contributed by atoms with E-state index in [1.807, 2.05) is 0 Å². The first-order valence-corrected chi connectivity index (χ1v) is 7.62. The Bertz CT molecular complexity index is 552. The average Bonchev–Trinajstić information content (AvgIpc) is 2.46. The first kappa shape index (κ1) is 15.6. The van der Waals surface area contributed by atoms with Crippen LogP contribution in [0.3, 0.4) is 0 Å². The molecular formula is C14H16FNO4S. The molecule has 1 aromatic carbocycles. The molecule has 0 bridgehead atoms. The highest BCUT2D eigenvalue weighted by atomic mass is 32.2. The number of hydrogen-bond acceptors (Lipinski definition) is 4. The number of carboxylic acids is 1. The quantitative estimate of drug-likeness (QED) is 0.919. The van der Waals surface area contributed by atoms with E-state index in [2.05, 4.69) is 0 Å². The molecule has 1 unspecified atom stereocenters. The van der Waals surface area contributed by atoms with Crippen LogP contribution in [-0.2, 0) is 4.79 Å². The number of carbonyl (C=O) groups is 2. The third-order valence-electron chi connectivity index (χ3n) is 3.30. The van der Waals surface area contributed by atoms with Crippen LogP contribution in [0.4, 0.5) is 4.39 Å². The van der Waals surface area contributed by atoms with E-state index in [9.17, 15) is 14.0 Å². The fourth-order valence-electron chi connectivity index (χ4n) is 2.26. The zero-order valence-corrected chi connectivity index (χ0v) is 12.4. The van der Waals surface area contributed by atoms with Crippen LogP contribution in [-0.4, -0.2) is 53.1 Å². The van der Waals surface area contributed by atoms with Crippen molar-refractivity contribution in [2.75, 3.05) is 25.2 Å². The fourth-order valence-corrected chi connectivity index (χ4v) is 3.32. The molecular weight excluding hydrogens is 297 g/mol. The van der Waals surface area contributed by atoms with Crippen molar-refractivity contribution in [3.05, 3.63) is 29.6 Å². The highest BCUT2D eigenvalue weighted by molar-refractivity contribution is 7.99. The Kier molecular flexibility index (Phi) is 5.06. The van der Waals surface area contributed by atoms with Crippen molar-refractivity contribution in [3.63, 3.8) is 0 Å². The van der Waals surface area contributed by atoms with E-state index in [0.29, 0.717) is 12.3 Å². The summed E-state index contributed by atoms with van der Waals surface area (Å²) in [4.78, 5) is 24.9. The molecule has 21 heavy (non-hydrogen) atoms. The molecule has 0 saturated carbocycles. The summed E-state index contributed by atoms with van der Waals surface area (Å²) in [5.41, 5.74) is 0.204. The topological polar surface area (TPSA) is 66.8 Å². The first-order valence-electron chi connectivity index (χ1n) is 6.47. The van der Waals surface area contributed by atoms with Crippen LogP contribution in [0.1, 0.15) is 16.8 Å². The number of methoxy groups -OCH3 is 1. The third-order valence-corrected chi connectivity index (χ3v) is 4.39. The molecule has 0 aliphatic carbocycles. The van der Waals surface area contributed by atoms with Crippen molar-refractivity contribution in [1.29, 1.82) is 0 Å². The normalized spacial score (nSPS) is 18.4. The summed E-state index contributed by atoms with van der Waals surface area (Å²) in [5, 5.41) is 8.92. The number of benzene rings is 1. The first-order chi connectivity index (χ1) is 10.0. The van der Waals surface area contributed by atoms with Crippen LogP contribution in [0.2, 0.25) is 0 Å². The molecule has 1 N–H and O–H groups in total. The molecule has 5 nitrogen and oxygen atoms in total. The fraction of sp³-hybridized carbons (Fsp3) is 0.429. The number of rotatable bonds is 4. The molecule has 1 heterocycles. The summed E-state index contributed by atoms with van der Waals surface area (Å²) >= 11 is 1.62. The zero-order valence-electron chi connectivity index (χ0n) is 11.5. The summed E-state index contributed by atoms with van der Waals surface area (Å²) in [6.07, 6.45) is -0.0998. The molecule has 1 aromatic rings. The molecule has 1 aliphatic heterocycles. The van der Waals surface area contributed by atoms with E-state index < -0.39 is 11.8 Å². The maximum Gasteiger partial charge on any atom is 0.305 e. The summed E-state index contributed by atoms with van der Waals surface area (Å²) in [6.45, 7) is 0.467. The second kappa shape index (κ2) is 6.80. The number of nitrogens with zero attached hydrogens (tertiary/aromatic N) is 1. The van der Waals surface area contributed by atoms with Gasteiger partial charge in [-0.05, 0) is 18.2 Å². The van der Waals surface area contributed by atoms with Gasteiger partial charge >= 0.3 is 5.97 Å². The summed E-state index contributed by atoms with van der Waals surface area (Å²) in [6, 6.07) is 3.65. The van der Waals surface area contributed by atoms with E-state index in [4.69, 9.17) is 9.84 Å². The monoisotopic (exact) mass is 313 g/mol. The molecule has 0 aromatic heterocycles. The lowest BCUT2D eigenvalue weighted by molar-refractivity contribution is -0.138. The van der Waals surface area contributed by atoms with Crippen LogP contribution in [0.25, 0.3) is 0 Å². The molecule has 2 rings (SSSR count). The van der Waals surface area contributed by atoms with Gasteiger partial charge in [0.25, 0.3) is 5.91 Å². The van der Waals surface area contributed by atoms with Crippen LogP contribution < -0.4 is 4.74 Å². The summed E-state index contributed by atoms with van der Waals surface area (Å²) in [5.74, 6) is -0.492. The SMILES string of the molecule is COc1ccc(C(=O)N2CCSCC2CC(=O)O)cc1F. The Morgan fingerprint density at radius 1 is 1.52 bits per heavy atom. The Labute approximate surface area is 126 Å². The molecule has 114 valence electrons. The minimum absolute atomic E-state index is 0.0721. The lowest BCUT2D eigenvalue weighted by Crippen LogP contribution is -2.47. The molecule has 1 saturated heterocycles. The van der Waals surface area contributed by atoms with E-state index in [-0.39, 0.29) is 29.7 Å². The number of ether oxygens (including phenoxy) is 1. The number of carbonyl (C=O) groups excluding carboxylic acids is 1. The van der Waals surface area contributed by atoms with Gasteiger partial charge in [-0.2, -0.15) is 11.8 Å². The Morgan fingerprint density at radius 3 is 2.90 bits per heavy atom. The van der Waals surface area contributed by atoms with Crippen LogP contribution in [0, 0.1) is 5.82 Å². The van der Waals surface area contributed by atoms with Crippen LogP contribution in [0.5, 0.6) is 5.75 Å². The smallest absolute Gasteiger partial charge is 0.305 e. The second-order valence-corrected chi connectivity index (χ2v) is 5.82. The molecule has 1 fully saturated rings. The van der Waals surface area contributed by atoms with Crippen molar-refractivity contribution >= 4 is 23.6 Å². The van der Waals surface area contributed by atoms with Crippen molar-refractivity contribution in [3.8, 4) is 5.75 Å². The van der Waals surface area contributed by atoms with Crippen molar-refractivity contribution in [2.45, 2.75) is 12.5 Å². The maximum absolute atomic E-state index is 13.7. The summed E-state index contributed by atoms with van der Waals surface area (Å²) < 4.78 is 18.5. The number of halogens is 1.